The lowest BCUT2D eigenvalue weighted by atomic mass is 9.90. The average Bonchev–Trinajstić information content (AvgIpc) is 2.58. The number of hydrogen-bond donors (Lipinski definition) is 0. The fraction of sp³-hybridized carbons (Fsp3) is 0.826. The van der Waals surface area contributed by atoms with E-state index in [1.165, 1.54) is 77.0 Å². The standard InChI is InChI=1S/C23H43O2/c1-6-8-10-12-14-16-18-22(19-17-15-13-11-9-7-2)21(5)25-23(24)20(3)4/h21-22H,3,5-19H2,1-2,4H3. The molecule has 2 heteroatoms. The Kier molecular flexibility index (Phi) is 16.1. The molecule has 2 nitrogen and oxygen atoms in total. The third-order valence-electron chi connectivity index (χ3n) is 4.99. The minimum Gasteiger partial charge on any atom is -0.459 e. The molecule has 25 heavy (non-hydrogen) atoms. The van der Waals surface area contributed by atoms with Gasteiger partial charge in [-0.2, -0.15) is 0 Å². The van der Waals surface area contributed by atoms with Gasteiger partial charge in [-0.1, -0.05) is 97.5 Å². The van der Waals surface area contributed by atoms with E-state index in [1.54, 1.807) is 6.92 Å². The fourth-order valence-electron chi connectivity index (χ4n) is 3.22. The van der Waals surface area contributed by atoms with Crippen LogP contribution in [0.4, 0.5) is 0 Å². The van der Waals surface area contributed by atoms with Gasteiger partial charge in [0.05, 0.1) is 0 Å². The Balaban J connectivity index is 4.20. The normalized spacial score (nSPS) is 12.4. The Bertz CT molecular complexity index is 319. The molecule has 0 aliphatic heterocycles. The highest BCUT2D eigenvalue weighted by molar-refractivity contribution is 5.87. The molecule has 0 fully saturated rings. The van der Waals surface area contributed by atoms with Crippen LogP contribution in [-0.4, -0.2) is 12.1 Å². The molecule has 0 amide bonds. The van der Waals surface area contributed by atoms with Crippen LogP contribution in [0.1, 0.15) is 111 Å². The van der Waals surface area contributed by atoms with E-state index < -0.39 is 0 Å². The molecule has 0 saturated carbocycles. The highest BCUT2D eigenvalue weighted by atomic mass is 16.5. The van der Waals surface area contributed by atoms with Gasteiger partial charge < -0.3 is 4.74 Å². The highest BCUT2D eigenvalue weighted by Crippen LogP contribution is 2.24. The molecule has 0 aromatic rings. The van der Waals surface area contributed by atoms with Crippen LogP contribution in [0.5, 0.6) is 0 Å². The zero-order chi connectivity index (χ0) is 18.9. The number of ether oxygens (including phenoxy) is 1. The van der Waals surface area contributed by atoms with Crippen molar-refractivity contribution in [3.05, 3.63) is 19.1 Å². The minimum absolute atomic E-state index is 0.240. The van der Waals surface area contributed by atoms with Crippen LogP contribution in [0.15, 0.2) is 12.2 Å². The molecule has 0 spiro atoms. The van der Waals surface area contributed by atoms with E-state index in [4.69, 9.17) is 4.74 Å². The van der Waals surface area contributed by atoms with Gasteiger partial charge >= 0.3 is 5.97 Å². The lowest BCUT2D eigenvalue weighted by molar-refractivity contribution is -0.144. The number of rotatable bonds is 17. The van der Waals surface area contributed by atoms with Crippen molar-refractivity contribution in [2.75, 3.05) is 0 Å². The summed E-state index contributed by atoms with van der Waals surface area (Å²) in [6, 6.07) is 0. The Morgan fingerprint density at radius 3 is 1.60 bits per heavy atom. The number of unbranched alkanes of at least 4 members (excludes halogenated alkanes) is 10. The maximum atomic E-state index is 11.8. The first-order valence-corrected chi connectivity index (χ1v) is 10.7. The maximum absolute atomic E-state index is 11.8. The van der Waals surface area contributed by atoms with Crippen LogP contribution in [0.3, 0.4) is 0 Å². The summed E-state index contributed by atoms with van der Waals surface area (Å²) in [5.74, 6) is 0.0940. The van der Waals surface area contributed by atoms with Crippen molar-refractivity contribution in [2.45, 2.75) is 117 Å². The van der Waals surface area contributed by atoms with Crippen molar-refractivity contribution in [2.24, 2.45) is 5.92 Å². The van der Waals surface area contributed by atoms with E-state index in [-0.39, 0.29) is 12.1 Å². The predicted octanol–water partition coefficient (Wildman–Crippen LogP) is 7.43. The summed E-state index contributed by atoms with van der Waals surface area (Å²) in [6.07, 6.45) is 17.6. The van der Waals surface area contributed by atoms with Crippen LogP contribution in [0.2, 0.25) is 0 Å². The van der Waals surface area contributed by atoms with Crippen molar-refractivity contribution in [1.29, 1.82) is 0 Å². The van der Waals surface area contributed by atoms with E-state index in [1.807, 2.05) is 0 Å². The Hall–Kier alpha value is -0.790. The summed E-state index contributed by atoms with van der Waals surface area (Å²) >= 11 is 0. The summed E-state index contributed by atoms with van der Waals surface area (Å²) in [4.78, 5) is 11.8. The Morgan fingerprint density at radius 1 is 0.800 bits per heavy atom. The van der Waals surface area contributed by atoms with Gasteiger partial charge in [0, 0.05) is 5.57 Å². The van der Waals surface area contributed by atoms with Crippen LogP contribution < -0.4 is 0 Å². The first kappa shape index (κ1) is 24.2. The van der Waals surface area contributed by atoms with Gasteiger partial charge in [-0.15, -0.1) is 0 Å². The Labute approximate surface area is 157 Å². The molecule has 1 unspecified atom stereocenters. The van der Waals surface area contributed by atoms with E-state index in [9.17, 15) is 4.79 Å². The van der Waals surface area contributed by atoms with Gasteiger partial charge in [-0.25, -0.2) is 4.79 Å². The topological polar surface area (TPSA) is 26.3 Å². The first-order chi connectivity index (χ1) is 12.0. The van der Waals surface area contributed by atoms with Gasteiger partial charge in [0.25, 0.3) is 0 Å². The molecule has 0 saturated heterocycles. The van der Waals surface area contributed by atoms with Crippen molar-refractivity contribution in [3.8, 4) is 0 Å². The van der Waals surface area contributed by atoms with Crippen LogP contribution in [0.25, 0.3) is 0 Å². The maximum Gasteiger partial charge on any atom is 0.333 e. The van der Waals surface area contributed by atoms with E-state index >= 15 is 0 Å². The number of hydrogen-bond acceptors (Lipinski definition) is 2. The summed E-state index contributed by atoms with van der Waals surface area (Å²) in [5, 5.41) is 0. The van der Waals surface area contributed by atoms with E-state index in [0.717, 1.165) is 12.8 Å². The molecule has 0 bridgehead atoms. The van der Waals surface area contributed by atoms with Crippen molar-refractivity contribution >= 4 is 5.97 Å². The largest absolute Gasteiger partial charge is 0.459 e. The second-order valence-electron chi connectivity index (χ2n) is 7.60. The average molecular weight is 352 g/mol. The van der Waals surface area contributed by atoms with Crippen LogP contribution in [0, 0.1) is 12.8 Å². The quantitative estimate of drug-likeness (QED) is 0.155. The van der Waals surface area contributed by atoms with Gasteiger partial charge in [0.1, 0.15) is 6.10 Å². The number of carbonyl (C=O) groups excluding carboxylic acids is 1. The lowest BCUT2D eigenvalue weighted by Crippen LogP contribution is -2.25. The molecule has 0 heterocycles. The monoisotopic (exact) mass is 351 g/mol. The van der Waals surface area contributed by atoms with Crippen molar-refractivity contribution < 1.29 is 9.53 Å². The molecule has 0 aromatic heterocycles. The zero-order valence-electron chi connectivity index (χ0n) is 17.3. The van der Waals surface area contributed by atoms with E-state index in [2.05, 4.69) is 27.4 Å². The molecule has 1 radical (unpaired) electrons. The van der Waals surface area contributed by atoms with Crippen LogP contribution in [-0.2, 0) is 9.53 Å². The molecule has 0 aromatic carbocycles. The molecule has 1 atom stereocenters. The van der Waals surface area contributed by atoms with Crippen molar-refractivity contribution in [3.63, 3.8) is 0 Å². The second-order valence-corrected chi connectivity index (χ2v) is 7.60. The third kappa shape index (κ3) is 14.1. The summed E-state index contributed by atoms with van der Waals surface area (Å²) < 4.78 is 5.52. The van der Waals surface area contributed by atoms with Crippen LogP contribution >= 0.6 is 0 Å². The molecule has 0 aliphatic rings. The fourth-order valence-corrected chi connectivity index (χ4v) is 3.22. The predicted molar refractivity (Wildman–Crippen MR) is 110 cm³/mol. The molecular weight excluding hydrogens is 308 g/mol. The second kappa shape index (κ2) is 16.7. The molecular formula is C23H43O2. The molecule has 0 rings (SSSR count). The molecule has 0 aliphatic carbocycles. The van der Waals surface area contributed by atoms with Gasteiger partial charge in [0.15, 0.2) is 0 Å². The molecule has 0 N–H and O–H groups in total. The number of carbonyl (C=O) groups is 1. The first-order valence-electron chi connectivity index (χ1n) is 10.7. The lowest BCUT2D eigenvalue weighted by Gasteiger charge is -2.24. The summed E-state index contributed by atoms with van der Waals surface area (Å²) in [7, 11) is 0. The van der Waals surface area contributed by atoms with Gasteiger partial charge in [-0.05, 0) is 32.6 Å². The number of esters is 1. The third-order valence-corrected chi connectivity index (χ3v) is 4.99. The highest BCUT2D eigenvalue weighted by Gasteiger charge is 2.21. The summed E-state index contributed by atoms with van der Waals surface area (Å²) in [5.41, 5.74) is 0.464. The zero-order valence-corrected chi connectivity index (χ0v) is 17.3. The summed E-state index contributed by atoms with van der Waals surface area (Å²) in [6.45, 7) is 14.0. The smallest absolute Gasteiger partial charge is 0.333 e. The molecule has 147 valence electrons. The van der Waals surface area contributed by atoms with Gasteiger partial charge in [0.2, 0.25) is 0 Å². The SMILES string of the molecule is [CH2]C(OC(=O)C(=C)C)C(CCCCCCCC)CCCCCCCC. The van der Waals surface area contributed by atoms with Gasteiger partial charge in [-0.3, -0.25) is 0 Å². The minimum atomic E-state index is -0.295. The Morgan fingerprint density at radius 2 is 1.20 bits per heavy atom. The van der Waals surface area contributed by atoms with Crippen molar-refractivity contribution in [1.82, 2.24) is 0 Å². The van der Waals surface area contributed by atoms with E-state index in [0.29, 0.717) is 11.5 Å².